The summed E-state index contributed by atoms with van der Waals surface area (Å²) in [6, 6.07) is -2.59. The van der Waals surface area contributed by atoms with E-state index < -0.39 is 41.8 Å². The van der Waals surface area contributed by atoms with Gasteiger partial charge in [-0.25, -0.2) is 4.79 Å². The molecule has 2 saturated carbocycles. The molecule has 10 nitrogen and oxygen atoms in total. The molecule has 38 heavy (non-hydrogen) atoms. The number of ketones is 1. The Balaban J connectivity index is 1.81. The van der Waals surface area contributed by atoms with Gasteiger partial charge in [-0.3, -0.25) is 19.2 Å². The maximum atomic E-state index is 13.9. The third-order valence-corrected chi connectivity index (χ3v) is 8.34. The van der Waals surface area contributed by atoms with E-state index in [1.165, 1.54) is 12.2 Å². The normalized spacial score (nSPS) is 24.9. The fourth-order valence-corrected chi connectivity index (χ4v) is 6.19. The zero-order valence-electron chi connectivity index (χ0n) is 22.8. The molecule has 1 heterocycles. The summed E-state index contributed by atoms with van der Waals surface area (Å²) in [6.45, 7) is 13.6. The van der Waals surface area contributed by atoms with Crippen LogP contribution in [0.5, 0.6) is 0 Å². The quantitative estimate of drug-likeness (QED) is 0.247. The summed E-state index contributed by atoms with van der Waals surface area (Å²) in [7, 11) is 0. The predicted molar refractivity (Wildman–Crippen MR) is 142 cm³/mol. The van der Waals surface area contributed by atoms with Crippen molar-refractivity contribution in [1.29, 1.82) is 0 Å². The number of Topliss-reactive ketones (excluding diaryl/α,β-unsaturated/α-hetero) is 1. The molecule has 0 bridgehead atoms. The molecule has 3 fully saturated rings. The molecule has 3 aliphatic rings. The molecule has 0 spiro atoms. The van der Waals surface area contributed by atoms with Crippen molar-refractivity contribution in [2.24, 2.45) is 23.2 Å². The topological polar surface area (TPSA) is 134 Å². The molecule has 3 N–H and O–H groups in total. The van der Waals surface area contributed by atoms with Gasteiger partial charge in [-0.05, 0) is 42.4 Å². The van der Waals surface area contributed by atoms with E-state index in [-0.39, 0.29) is 42.2 Å². The van der Waals surface area contributed by atoms with Crippen molar-refractivity contribution in [3.8, 4) is 0 Å². The van der Waals surface area contributed by atoms with Gasteiger partial charge in [0.25, 0.3) is 5.91 Å². The van der Waals surface area contributed by atoms with E-state index in [4.69, 9.17) is 4.74 Å². The molecule has 0 radical (unpaired) electrons. The van der Waals surface area contributed by atoms with E-state index in [9.17, 15) is 24.0 Å². The van der Waals surface area contributed by atoms with Gasteiger partial charge in [0.1, 0.15) is 18.7 Å². The molecule has 5 atom stereocenters. The molecule has 210 valence electrons. The van der Waals surface area contributed by atoms with E-state index >= 15 is 0 Å². The Hall–Kier alpha value is -3.17. The van der Waals surface area contributed by atoms with Gasteiger partial charge in [-0.2, -0.15) is 0 Å². The van der Waals surface area contributed by atoms with Crippen molar-refractivity contribution in [1.82, 2.24) is 20.9 Å². The number of ether oxygens (including phenoxy) is 1. The van der Waals surface area contributed by atoms with Gasteiger partial charge in [0.05, 0.1) is 6.04 Å². The number of carbonyl (C=O) groups excluding carboxylic acids is 5. The second-order valence-corrected chi connectivity index (χ2v) is 11.2. The van der Waals surface area contributed by atoms with Crippen molar-refractivity contribution in [2.75, 3.05) is 19.7 Å². The molecule has 10 heteroatoms. The zero-order valence-corrected chi connectivity index (χ0v) is 22.8. The van der Waals surface area contributed by atoms with Crippen molar-refractivity contribution in [3.05, 3.63) is 25.3 Å². The van der Waals surface area contributed by atoms with Crippen LogP contribution in [-0.4, -0.2) is 72.3 Å². The molecule has 0 aromatic rings. The number of likely N-dealkylation sites (tertiary alicyclic amines) is 1. The van der Waals surface area contributed by atoms with Crippen LogP contribution in [-0.2, 0) is 23.9 Å². The predicted octanol–water partition coefficient (Wildman–Crippen LogP) is 2.10. The first-order chi connectivity index (χ1) is 18.1. The van der Waals surface area contributed by atoms with E-state index in [2.05, 4.69) is 43.0 Å². The van der Waals surface area contributed by atoms with E-state index in [1.54, 1.807) is 4.90 Å². The summed E-state index contributed by atoms with van der Waals surface area (Å²) in [6.07, 6.45) is 6.64. The van der Waals surface area contributed by atoms with Crippen LogP contribution >= 0.6 is 0 Å². The van der Waals surface area contributed by atoms with Crippen LogP contribution < -0.4 is 16.0 Å². The summed E-state index contributed by atoms with van der Waals surface area (Å²) in [5, 5.41) is 8.00. The Labute approximate surface area is 225 Å². The van der Waals surface area contributed by atoms with Gasteiger partial charge >= 0.3 is 6.09 Å². The van der Waals surface area contributed by atoms with Crippen molar-refractivity contribution in [3.63, 3.8) is 0 Å². The summed E-state index contributed by atoms with van der Waals surface area (Å²) in [5.74, 6) is -2.24. The van der Waals surface area contributed by atoms with Crippen molar-refractivity contribution < 1.29 is 28.7 Å². The Morgan fingerprint density at radius 1 is 1.08 bits per heavy atom. The lowest BCUT2D eigenvalue weighted by molar-refractivity contribution is -0.144. The number of rotatable bonds is 13. The minimum absolute atomic E-state index is 0.0255. The van der Waals surface area contributed by atoms with E-state index in [0.29, 0.717) is 19.4 Å². The number of carbonyl (C=O) groups is 5. The Morgan fingerprint density at radius 3 is 2.37 bits per heavy atom. The first-order valence-electron chi connectivity index (χ1n) is 13.7. The lowest BCUT2D eigenvalue weighted by Gasteiger charge is -2.35. The average Bonchev–Trinajstić information content (AvgIpc) is 3.35. The number of nitrogens with zero attached hydrogens (tertiary/aromatic N) is 1. The van der Waals surface area contributed by atoms with E-state index in [0.717, 1.165) is 25.7 Å². The molecule has 2 aliphatic carbocycles. The summed E-state index contributed by atoms with van der Waals surface area (Å²) in [4.78, 5) is 66.7. The molecule has 0 aromatic carbocycles. The number of nitrogens with one attached hydrogen (secondary N) is 3. The molecule has 1 saturated heterocycles. The summed E-state index contributed by atoms with van der Waals surface area (Å²) in [5.41, 5.74) is -0.135. The standard InChI is InChI=1S/C28H42N4O6/c1-6-11-19(23(33)25(35)29-14-7-2)30-24(34)22-20-18(28(20,4)5)16-32(22)26(36)21(17-12-9-10-13-17)31-27(37)38-15-8-3/h7-8,17-22H,2-3,6,9-16H2,1,4-5H3,(H,29,35)(H,30,34)(H,31,37)/t18?,19?,20-,21?,22?/m0/s1. The van der Waals surface area contributed by atoms with Gasteiger partial charge in [0, 0.05) is 13.1 Å². The number of hydrogen-bond acceptors (Lipinski definition) is 6. The highest BCUT2D eigenvalue weighted by Crippen LogP contribution is 2.65. The molecule has 4 amide bonds. The smallest absolute Gasteiger partial charge is 0.408 e. The van der Waals surface area contributed by atoms with Crippen LogP contribution in [0.25, 0.3) is 0 Å². The molecular weight excluding hydrogens is 488 g/mol. The van der Waals surface area contributed by atoms with Crippen LogP contribution in [0, 0.1) is 23.2 Å². The zero-order chi connectivity index (χ0) is 28.0. The van der Waals surface area contributed by atoms with Gasteiger partial charge < -0.3 is 25.6 Å². The number of alkyl carbamates (subject to hydrolysis) is 1. The highest BCUT2D eigenvalue weighted by Gasteiger charge is 2.69. The fraction of sp³-hybridized carbons (Fsp3) is 0.679. The van der Waals surface area contributed by atoms with Crippen LogP contribution in [0.3, 0.4) is 0 Å². The van der Waals surface area contributed by atoms with Gasteiger partial charge in [0.15, 0.2) is 0 Å². The molecule has 4 unspecified atom stereocenters. The number of fused-ring (bicyclic) bond motifs is 1. The molecular formula is C28H42N4O6. The highest BCUT2D eigenvalue weighted by atomic mass is 16.5. The minimum atomic E-state index is -0.993. The van der Waals surface area contributed by atoms with Gasteiger partial charge in [-0.15, -0.1) is 6.58 Å². The third kappa shape index (κ3) is 6.27. The molecule has 3 rings (SSSR count). The fourth-order valence-electron chi connectivity index (χ4n) is 6.19. The summed E-state index contributed by atoms with van der Waals surface area (Å²) >= 11 is 0. The third-order valence-electron chi connectivity index (χ3n) is 8.34. The van der Waals surface area contributed by atoms with Gasteiger partial charge in [-0.1, -0.05) is 58.8 Å². The van der Waals surface area contributed by atoms with E-state index in [1.807, 2.05) is 6.92 Å². The first kappa shape index (κ1) is 29.4. The molecule has 1 aliphatic heterocycles. The second-order valence-electron chi connectivity index (χ2n) is 11.2. The number of amides is 4. The lowest BCUT2D eigenvalue weighted by Crippen LogP contribution is -2.59. The van der Waals surface area contributed by atoms with Crippen molar-refractivity contribution in [2.45, 2.75) is 77.4 Å². The minimum Gasteiger partial charge on any atom is -0.445 e. The Kier molecular flexibility index (Phi) is 9.73. The van der Waals surface area contributed by atoms with Crippen LogP contribution in [0.1, 0.15) is 59.3 Å². The SMILES string of the molecule is C=CCNC(=O)C(=O)C(CCC)NC(=O)C1[C@@H]2C(CN1C(=O)C(NC(=O)OCC=C)C1CCCC1)C2(C)C. The Morgan fingerprint density at radius 2 is 1.76 bits per heavy atom. The van der Waals surface area contributed by atoms with Crippen molar-refractivity contribution >= 4 is 29.6 Å². The first-order valence-corrected chi connectivity index (χ1v) is 13.7. The number of piperidine rings is 1. The van der Waals surface area contributed by atoms with Gasteiger partial charge in [0.2, 0.25) is 17.6 Å². The highest BCUT2D eigenvalue weighted by molar-refractivity contribution is 6.38. The van der Waals surface area contributed by atoms with Crippen LogP contribution in [0.15, 0.2) is 25.3 Å². The lowest BCUT2D eigenvalue weighted by atomic mass is 9.94. The average molecular weight is 531 g/mol. The monoisotopic (exact) mass is 530 g/mol. The maximum Gasteiger partial charge on any atom is 0.408 e. The molecule has 0 aromatic heterocycles. The van der Waals surface area contributed by atoms with Crippen LogP contribution in [0.4, 0.5) is 4.79 Å². The maximum absolute atomic E-state index is 13.9. The Bertz CT molecular complexity index is 957. The largest absolute Gasteiger partial charge is 0.445 e. The number of hydrogen-bond donors (Lipinski definition) is 3. The van der Waals surface area contributed by atoms with Crippen LogP contribution in [0.2, 0.25) is 0 Å². The summed E-state index contributed by atoms with van der Waals surface area (Å²) < 4.78 is 5.09. The second kappa shape index (κ2) is 12.6.